The van der Waals surface area contributed by atoms with Gasteiger partial charge in [0.15, 0.2) is 0 Å². The molecule has 1 aromatic rings. The van der Waals surface area contributed by atoms with Crippen LogP contribution in [0.4, 0.5) is 15.3 Å². The van der Waals surface area contributed by atoms with Gasteiger partial charge in [0.2, 0.25) is 0 Å². The van der Waals surface area contributed by atoms with Crippen molar-refractivity contribution in [2.45, 2.75) is 59.0 Å². The predicted octanol–water partition coefficient (Wildman–Crippen LogP) is 4.34. The van der Waals surface area contributed by atoms with Crippen LogP contribution in [0.5, 0.6) is 0 Å². The van der Waals surface area contributed by atoms with Gasteiger partial charge in [0.1, 0.15) is 5.60 Å². The summed E-state index contributed by atoms with van der Waals surface area (Å²) in [5.74, 6) is 0.145. The number of nitrogens with one attached hydrogen (secondary N) is 1. The second-order valence-electron chi connectivity index (χ2n) is 10.2. The Balaban J connectivity index is 1.64. The number of anilines is 1. The van der Waals surface area contributed by atoms with E-state index >= 15 is 0 Å². The fraction of sp³-hybridized carbons (Fsp3) is 0.640. The molecule has 1 N–H and O–H groups in total. The maximum atomic E-state index is 13.2. The highest BCUT2D eigenvalue weighted by atomic mass is 16.6. The Labute approximate surface area is 197 Å². The molecule has 1 atom stereocenters. The SMILES string of the molecule is Cc1cccc(C(=O)N2CCCC2)c1NC(=O)N1CCCC(CN(C)C(=O)OC(C)(C)C)C1. The molecule has 0 saturated carbocycles. The monoisotopic (exact) mass is 458 g/mol. The Morgan fingerprint density at radius 1 is 1.09 bits per heavy atom. The molecule has 0 spiro atoms. The van der Waals surface area contributed by atoms with Crippen LogP contribution in [0.25, 0.3) is 0 Å². The minimum atomic E-state index is -0.540. The molecule has 4 amide bonds. The van der Waals surface area contributed by atoms with Gasteiger partial charge < -0.3 is 24.8 Å². The third kappa shape index (κ3) is 6.62. The molecule has 2 fully saturated rings. The van der Waals surface area contributed by atoms with Crippen molar-refractivity contribution in [3.63, 3.8) is 0 Å². The van der Waals surface area contributed by atoms with Crippen LogP contribution >= 0.6 is 0 Å². The fourth-order valence-electron chi connectivity index (χ4n) is 4.49. The molecule has 0 bridgehead atoms. The van der Waals surface area contributed by atoms with Gasteiger partial charge in [0.25, 0.3) is 5.91 Å². The van der Waals surface area contributed by atoms with Gasteiger partial charge in [-0.1, -0.05) is 12.1 Å². The van der Waals surface area contributed by atoms with Crippen LogP contribution in [0.2, 0.25) is 0 Å². The smallest absolute Gasteiger partial charge is 0.410 e. The summed E-state index contributed by atoms with van der Waals surface area (Å²) in [7, 11) is 1.73. The van der Waals surface area contributed by atoms with Crippen LogP contribution in [0.15, 0.2) is 18.2 Å². The zero-order valence-electron chi connectivity index (χ0n) is 20.6. The van der Waals surface area contributed by atoms with Crippen molar-refractivity contribution in [1.29, 1.82) is 0 Å². The highest BCUT2D eigenvalue weighted by Crippen LogP contribution is 2.26. The number of amides is 4. The third-order valence-electron chi connectivity index (χ3n) is 6.17. The van der Waals surface area contributed by atoms with E-state index in [2.05, 4.69) is 5.32 Å². The zero-order chi connectivity index (χ0) is 24.2. The molecule has 8 nitrogen and oxygen atoms in total. The van der Waals surface area contributed by atoms with Crippen molar-refractivity contribution in [3.05, 3.63) is 29.3 Å². The molecule has 1 aromatic carbocycles. The first-order valence-electron chi connectivity index (χ1n) is 11.9. The molecule has 2 saturated heterocycles. The maximum absolute atomic E-state index is 13.2. The van der Waals surface area contributed by atoms with Gasteiger partial charge in [-0.3, -0.25) is 4.79 Å². The standard InChI is InChI=1S/C25H38N4O4/c1-18-10-8-12-20(22(30)28-13-6-7-14-28)21(18)26-23(31)29-15-9-11-19(17-29)16-27(5)24(32)33-25(2,3)4/h8,10,12,19H,6-7,9,11,13-17H2,1-5H3,(H,26,31). The number of likely N-dealkylation sites (tertiary alicyclic amines) is 2. The van der Waals surface area contributed by atoms with Crippen molar-refractivity contribution in [2.75, 3.05) is 45.1 Å². The maximum Gasteiger partial charge on any atom is 0.410 e. The summed E-state index contributed by atoms with van der Waals surface area (Å²) in [5.41, 5.74) is 1.46. The van der Waals surface area contributed by atoms with Gasteiger partial charge >= 0.3 is 12.1 Å². The van der Waals surface area contributed by atoms with E-state index < -0.39 is 5.60 Å². The van der Waals surface area contributed by atoms with E-state index in [1.807, 2.05) is 44.7 Å². The minimum absolute atomic E-state index is 0.0259. The second-order valence-corrected chi connectivity index (χ2v) is 10.2. The van der Waals surface area contributed by atoms with Crippen LogP contribution in [-0.4, -0.2) is 78.1 Å². The van der Waals surface area contributed by atoms with E-state index in [9.17, 15) is 14.4 Å². The predicted molar refractivity (Wildman–Crippen MR) is 128 cm³/mol. The van der Waals surface area contributed by atoms with E-state index in [1.54, 1.807) is 22.9 Å². The average molecular weight is 459 g/mol. The molecular weight excluding hydrogens is 420 g/mol. The number of urea groups is 1. The summed E-state index contributed by atoms with van der Waals surface area (Å²) < 4.78 is 5.44. The van der Waals surface area contributed by atoms with Gasteiger partial charge in [-0.2, -0.15) is 0 Å². The van der Waals surface area contributed by atoms with Crippen LogP contribution in [0.1, 0.15) is 62.4 Å². The van der Waals surface area contributed by atoms with Crippen molar-refractivity contribution in [1.82, 2.24) is 14.7 Å². The normalized spacial score (nSPS) is 18.8. The number of hydrogen-bond donors (Lipinski definition) is 1. The summed E-state index contributed by atoms with van der Waals surface area (Å²) in [4.78, 5) is 43.7. The number of para-hydroxylation sites is 1. The Hall–Kier alpha value is -2.77. The highest BCUT2D eigenvalue weighted by molar-refractivity contribution is 6.04. The number of hydrogen-bond acceptors (Lipinski definition) is 4. The quantitative estimate of drug-likeness (QED) is 0.728. The van der Waals surface area contributed by atoms with E-state index in [1.165, 1.54) is 0 Å². The molecule has 1 unspecified atom stereocenters. The van der Waals surface area contributed by atoms with E-state index in [-0.39, 0.29) is 23.9 Å². The largest absolute Gasteiger partial charge is 0.444 e. The molecule has 3 rings (SSSR count). The summed E-state index contributed by atoms with van der Waals surface area (Å²) in [6.45, 7) is 10.7. The highest BCUT2D eigenvalue weighted by Gasteiger charge is 2.29. The summed E-state index contributed by atoms with van der Waals surface area (Å²) in [5, 5.41) is 3.01. The number of rotatable bonds is 4. The van der Waals surface area contributed by atoms with E-state index in [0.29, 0.717) is 30.9 Å². The number of aryl methyl sites for hydroxylation is 1. The Kier molecular flexibility index (Phi) is 7.87. The summed E-state index contributed by atoms with van der Waals surface area (Å²) in [6.07, 6.45) is 3.50. The van der Waals surface area contributed by atoms with Crippen LogP contribution in [0.3, 0.4) is 0 Å². The summed E-state index contributed by atoms with van der Waals surface area (Å²) in [6, 6.07) is 5.35. The first-order valence-corrected chi connectivity index (χ1v) is 11.9. The van der Waals surface area contributed by atoms with Crippen LogP contribution < -0.4 is 5.32 Å². The van der Waals surface area contributed by atoms with Gasteiger partial charge in [-0.05, 0) is 70.9 Å². The number of piperidine rings is 1. The van der Waals surface area contributed by atoms with Gasteiger partial charge in [0.05, 0.1) is 11.3 Å². The molecule has 0 aromatic heterocycles. The fourth-order valence-corrected chi connectivity index (χ4v) is 4.49. The molecule has 2 aliphatic rings. The Bertz CT molecular complexity index is 874. The lowest BCUT2D eigenvalue weighted by atomic mass is 9.98. The Morgan fingerprint density at radius 3 is 2.42 bits per heavy atom. The minimum Gasteiger partial charge on any atom is -0.444 e. The Morgan fingerprint density at radius 2 is 1.76 bits per heavy atom. The lowest BCUT2D eigenvalue weighted by Gasteiger charge is -2.35. The third-order valence-corrected chi connectivity index (χ3v) is 6.17. The first-order chi connectivity index (χ1) is 15.5. The molecule has 182 valence electrons. The molecule has 0 aliphatic carbocycles. The van der Waals surface area contributed by atoms with E-state index in [0.717, 1.165) is 44.3 Å². The molecule has 2 heterocycles. The number of ether oxygens (including phenoxy) is 1. The first kappa shape index (κ1) is 24.9. The molecule has 8 heteroatoms. The number of carbonyl (C=O) groups is 3. The molecule has 33 heavy (non-hydrogen) atoms. The molecular formula is C25H38N4O4. The van der Waals surface area contributed by atoms with Crippen molar-refractivity contribution in [2.24, 2.45) is 5.92 Å². The van der Waals surface area contributed by atoms with Crippen molar-refractivity contribution >= 4 is 23.7 Å². The molecule has 2 aliphatic heterocycles. The lowest BCUT2D eigenvalue weighted by Crippen LogP contribution is -2.46. The second kappa shape index (κ2) is 10.4. The zero-order valence-corrected chi connectivity index (χ0v) is 20.6. The summed E-state index contributed by atoms with van der Waals surface area (Å²) >= 11 is 0. The van der Waals surface area contributed by atoms with Gasteiger partial charge in [-0.15, -0.1) is 0 Å². The lowest BCUT2D eigenvalue weighted by molar-refractivity contribution is 0.0253. The van der Waals surface area contributed by atoms with Crippen molar-refractivity contribution < 1.29 is 19.1 Å². The van der Waals surface area contributed by atoms with E-state index in [4.69, 9.17) is 4.74 Å². The number of carbonyl (C=O) groups excluding carboxylic acids is 3. The molecule has 0 radical (unpaired) electrons. The van der Waals surface area contributed by atoms with Gasteiger partial charge in [0, 0.05) is 39.8 Å². The van der Waals surface area contributed by atoms with Crippen LogP contribution in [0, 0.1) is 12.8 Å². The number of benzene rings is 1. The van der Waals surface area contributed by atoms with Gasteiger partial charge in [-0.25, -0.2) is 9.59 Å². The average Bonchev–Trinajstić information content (AvgIpc) is 3.28. The number of nitrogens with zero attached hydrogens (tertiary/aromatic N) is 3. The van der Waals surface area contributed by atoms with Crippen molar-refractivity contribution in [3.8, 4) is 0 Å². The van der Waals surface area contributed by atoms with Crippen LogP contribution in [-0.2, 0) is 4.74 Å². The topological polar surface area (TPSA) is 82.2 Å².